The van der Waals surface area contributed by atoms with Gasteiger partial charge in [0.25, 0.3) is 0 Å². The third-order valence-corrected chi connectivity index (χ3v) is 5.82. The van der Waals surface area contributed by atoms with Gasteiger partial charge in [-0.2, -0.15) is 5.26 Å². The maximum absolute atomic E-state index is 13.1. The van der Waals surface area contributed by atoms with Gasteiger partial charge in [-0.25, -0.2) is 0 Å². The van der Waals surface area contributed by atoms with E-state index in [1.165, 1.54) is 0 Å². The van der Waals surface area contributed by atoms with Crippen LogP contribution in [0.25, 0.3) is 0 Å². The number of carbonyl (C=O) groups is 1. The van der Waals surface area contributed by atoms with E-state index in [0.29, 0.717) is 18.6 Å². The molecule has 1 atom stereocenters. The topological polar surface area (TPSA) is 62.1 Å². The number of carbonyl (C=O) groups excluding carboxylic acids is 1. The third-order valence-electron chi connectivity index (χ3n) is 5.82. The first-order valence-corrected chi connectivity index (χ1v) is 10.3. The van der Waals surface area contributed by atoms with Crippen LogP contribution in [0.3, 0.4) is 0 Å². The average Bonchev–Trinajstić information content (AvgIpc) is 2.71. The lowest BCUT2D eigenvalue weighted by Gasteiger charge is -2.38. The van der Waals surface area contributed by atoms with Crippen molar-refractivity contribution in [2.24, 2.45) is 5.41 Å². The largest absolute Gasteiger partial charge is 0.489 e. The Balaban J connectivity index is 1.63. The first kappa shape index (κ1) is 20.0. The minimum atomic E-state index is -0.321. The van der Waals surface area contributed by atoms with E-state index in [-0.39, 0.29) is 17.1 Å². The van der Waals surface area contributed by atoms with Gasteiger partial charge >= 0.3 is 0 Å². The van der Waals surface area contributed by atoms with Crippen molar-refractivity contribution in [1.82, 2.24) is 5.32 Å². The van der Waals surface area contributed by atoms with Crippen molar-refractivity contribution in [1.29, 1.82) is 5.26 Å². The summed E-state index contributed by atoms with van der Waals surface area (Å²) in [6, 6.07) is 20.1. The number of nitrogens with zero attached hydrogens (tertiary/aromatic N) is 1. The Morgan fingerprint density at radius 2 is 1.80 bits per heavy atom. The highest BCUT2D eigenvalue weighted by atomic mass is 16.5. The van der Waals surface area contributed by atoms with Crippen LogP contribution in [-0.2, 0) is 11.4 Å². The van der Waals surface area contributed by atoms with Gasteiger partial charge in [0.15, 0.2) is 5.78 Å². The van der Waals surface area contributed by atoms with Crippen molar-refractivity contribution in [2.45, 2.75) is 46.1 Å². The molecule has 1 aliphatic carbocycles. The summed E-state index contributed by atoms with van der Waals surface area (Å²) in [4.78, 5) is 13.1. The fourth-order valence-corrected chi connectivity index (χ4v) is 4.41. The van der Waals surface area contributed by atoms with Gasteiger partial charge in [-0.3, -0.25) is 4.79 Å². The Kier molecular flexibility index (Phi) is 5.22. The number of dihydropyridines is 1. The average molecular weight is 399 g/mol. The second-order valence-electron chi connectivity index (χ2n) is 8.88. The number of ketones is 1. The van der Waals surface area contributed by atoms with Crippen LogP contribution in [0.4, 0.5) is 0 Å². The van der Waals surface area contributed by atoms with Crippen molar-refractivity contribution in [3.63, 3.8) is 0 Å². The molecule has 1 aliphatic heterocycles. The Bertz CT molecular complexity index is 1070. The van der Waals surface area contributed by atoms with Gasteiger partial charge in [0.2, 0.25) is 0 Å². The van der Waals surface area contributed by atoms with Crippen molar-refractivity contribution >= 4 is 5.78 Å². The first-order chi connectivity index (χ1) is 14.4. The molecule has 2 aromatic rings. The van der Waals surface area contributed by atoms with Gasteiger partial charge in [0.05, 0.1) is 17.6 Å². The van der Waals surface area contributed by atoms with E-state index in [1.807, 2.05) is 61.5 Å². The number of nitriles is 1. The van der Waals surface area contributed by atoms with Crippen LogP contribution in [0.15, 0.2) is 77.1 Å². The molecule has 1 N–H and O–H groups in total. The van der Waals surface area contributed by atoms with Crippen molar-refractivity contribution in [3.05, 3.63) is 88.3 Å². The number of rotatable bonds is 4. The van der Waals surface area contributed by atoms with Crippen LogP contribution in [0.1, 0.15) is 50.7 Å². The highest BCUT2D eigenvalue weighted by molar-refractivity contribution is 6.00. The van der Waals surface area contributed by atoms with Crippen LogP contribution >= 0.6 is 0 Å². The quantitative estimate of drug-likeness (QED) is 0.750. The number of benzene rings is 2. The Morgan fingerprint density at radius 3 is 2.47 bits per heavy atom. The highest BCUT2D eigenvalue weighted by Gasteiger charge is 2.41. The Hall–Kier alpha value is -3.32. The van der Waals surface area contributed by atoms with Gasteiger partial charge in [0, 0.05) is 23.4 Å². The molecule has 1 heterocycles. The number of hydrogen-bond acceptors (Lipinski definition) is 4. The van der Waals surface area contributed by atoms with Crippen LogP contribution in [-0.4, -0.2) is 5.78 Å². The lowest BCUT2D eigenvalue weighted by atomic mass is 9.69. The van der Waals surface area contributed by atoms with Gasteiger partial charge in [-0.05, 0) is 42.0 Å². The molecule has 30 heavy (non-hydrogen) atoms. The summed E-state index contributed by atoms with van der Waals surface area (Å²) in [7, 11) is 0. The van der Waals surface area contributed by atoms with E-state index in [4.69, 9.17) is 4.74 Å². The molecular formula is C26H26N2O2. The van der Waals surface area contributed by atoms with Gasteiger partial charge in [-0.15, -0.1) is 0 Å². The van der Waals surface area contributed by atoms with Crippen LogP contribution < -0.4 is 10.1 Å². The van der Waals surface area contributed by atoms with Gasteiger partial charge in [-0.1, -0.05) is 56.3 Å². The number of Topliss-reactive ketones (excluding diaryl/α,β-unsaturated/α-hetero) is 1. The zero-order valence-electron chi connectivity index (χ0n) is 17.7. The molecule has 0 spiro atoms. The second kappa shape index (κ2) is 7.84. The van der Waals surface area contributed by atoms with E-state index < -0.39 is 0 Å². The van der Waals surface area contributed by atoms with Crippen LogP contribution in [0.5, 0.6) is 5.75 Å². The predicted molar refractivity (Wildman–Crippen MR) is 116 cm³/mol. The van der Waals surface area contributed by atoms with Gasteiger partial charge < -0.3 is 10.1 Å². The normalized spacial score (nSPS) is 20.3. The molecule has 4 rings (SSSR count). The molecule has 1 unspecified atom stereocenters. The summed E-state index contributed by atoms with van der Waals surface area (Å²) in [5.74, 6) is 0.572. The predicted octanol–water partition coefficient (Wildman–Crippen LogP) is 5.39. The first-order valence-electron chi connectivity index (χ1n) is 10.3. The SMILES string of the molecule is CC1=C(C#N)C(c2ccc(OCc3ccccc3)cc2)C2=C(CC(C)(C)CC2=O)N1. The van der Waals surface area contributed by atoms with Crippen LogP contribution in [0, 0.1) is 16.7 Å². The molecule has 152 valence electrons. The van der Waals surface area contributed by atoms with E-state index >= 15 is 0 Å². The van der Waals surface area contributed by atoms with Gasteiger partial charge in [0.1, 0.15) is 12.4 Å². The monoisotopic (exact) mass is 398 g/mol. The highest BCUT2D eigenvalue weighted by Crippen LogP contribution is 2.46. The summed E-state index contributed by atoms with van der Waals surface area (Å²) < 4.78 is 5.90. The molecule has 2 aromatic carbocycles. The zero-order valence-corrected chi connectivity index (χ0v) is 17.7. The molecule has 0 saturated carbocycles. The number of nitrogens with one attached hydrogen (secondary N) is 1. The zero-order chi connectivity index (χ0) is 21.3. The molecular weight excluding hydrogens is 372 g/mol. The summed E-state index contributed by atoms with van der Waals surface area (Å²) in [6.07, 6.45) is 1.30. The standard InChI is InChI=1S/C26H26N2O2/c1-17-21(15-27)24(25-22(28-17)13-26(2,3)14-23(25)29)19-9-11-20(12-10-19)30-16-18-7-5-4-6-8-18/h4-12,24,28H,13-14,16H2,1-3H3. The molecule has 2 aliphatic rings. The fraction of sp³-hybridized carbons (Fsp3) is 0.308. The fourth-order valence-electron chi connectivity index (χ4n) is 4.41. The molecule has 0 aromatic heterocycles. The van der Waals surface area contributed by atoms with Crippen molar-refractivity contribution in [3.8, 4) is 11.8 Å². The minimum Gasteiger partial charge on any atom is -0.489 e. The molecule has 0 fully saturated rings. The Labute approximate surface area is 177 Å². The number of allylic oxidation sites excluding steroid dienone is 4. The molecule has 0 bridgehead atoms. The van der Waals surface area contributed by atoms with Crippen molar-refractivity contribution in [2.75, 3.05) is 0 Å². The van der Waals surface area contributed by atoms with E-state index in [9.17, 15) is 10.1 Å². The van der Waals surface area contributed by atoms with E-state index in [0.717, 1.165) is 40.3 Å². The van der Waals surface area contributed by atoms with E-state index in [2.05, 4.69) is 25.2 Å². The maximum atomic E-state index is 13.1. The lowest BCUT2D eigenvalue weighted by Crippen LogP contribution is -2.36. The summed E-state index contributed by atoms with van der Waals surface area (Å²) in [6.45, 7) is 6.64. The lowest BCUT2D eigenvalue weighted by molar-refractivity contribution is -0.118. The maximum Gasteiger partial charge on any atom is 0.162 e. The van der Waals surface area contributed by atoms with Crippen LogP contribution in [0.2, 0.25) is 0 Å². The third kappa shape index (κ3) is 3.89. The molecule has 0 radical (unpaired) electrons. The van der Waals surface area contributed by atoms with Crippen molar-refractivity contribution < 1.29 is 9.53 Å². The second-order valence-corrected chi connectivity index (χ2v) is 8.88. The summed E-state index contributed by atoms with van der Waals surface area (Å²) in [5.41, 5.74) is 5.12. The van der Waals surface area contributed by atoms with E-state index in [1.54, 1.807) is 0 Å². The summed E-state index contributed by atoms with van der Waals surface area (Å²) >= 11 is 0. The minimum absolute atomic E-state index is 0.0764. The molecule has 4 nitrogen and oxygen atoms in total. The molecule has 4 heteroatoms. The smallest absolute Gasteiger partial charge is 0.162 e. The summed E-state index contributed by atoms with van der Waals surface area (Å²) in [5, 5.41) is 13.2. The molecule has 0 saturated heterocycles. The Morgan fingerprint density at radius 1 is 1.10 bits per heavy atom. The number of ether oxygens (including phenoxy) is 1. The molecule has 0 amide bonds. The number of hydrogen-bond donors (Lipinski definition) is 1.